The van der Waals surface area contributed by atoms with Gasteiger partial charge in [-0.2, -0.15) is 0 Å². The standard InChI is InChI=1S/C22H21N3O2/c1-15-6-5-8-18(12-15)25-13-16(2)24(14-20(25)26)22(27)21-19-9-4-3-7-17(19)10-11-23-21/h3-12,16H,13-14H2,1-2H3/t16-/m0/s1. The molecule has 2 heterocycles. The van der Waals surface area contributed by atoms with Gasteiger partial charge >= 0.3 is 0 Å². The normalized spacial score (nSPS) is 17.4. The molecule has 0 radical (unpaired) electrons. The van der Waals surface area contributed by atoms with Crippen LogP contribution in [0.1, 0.15) is 23.0 Å². The molecule has 1 saturated heterocycles. The fourth-order valence-corrected chi connectivity index (χ4v) is 3.59. The predicted molar refractivity (Wildman–Crippen MR) is 106 cm³/mol. The summed E-state index contributed by atoms with van der Waals surface area (Å²) in [4.78, 5) is 33.6. The number of carbonyl (C=O) groups excluding carboxylic acids is 2. The Morgan fingerprint density at radius 1 is 1.11 bits per heavy atom. The maximum Gasteiger partial charge on any atom is 0.273 e. The van der Waals surface area contributed by atoms with E-state index in [1.54, 1.807) is 16.0 Å². The molecule has 5 nitrogen and oxygen atoms in total. The zero-order chi connectivity index (χ0) is 19.0. The Labute approximate surface area is 158 Å². The average molecular weight is 359 g/mol. The molecule has 0 unspecified atom stereocenters. The van der Waals surface area contributed by atoms with E-state index in [9.17, 15) is 9.59 Å². The molecule has 1 aliphatic heterocycles. The smallest absolute Gasteiger partial charge is 0.273 e. The summed E-state index contributed by atoms with van der Waals surface area (Å²) in [6, 6.07) is 17.3. The lowest BCUT2D eigenvalue weighted by atomic mass is 10.1. The van der Waals surface area contributed by atoms with Gasteiger partial charge in [-0.15, -0.1) is 0 Å². The second-order valence-corrected chi connectivity index (χ2v) is 7.01. The van der Waals surface area contributed by atoms with E-state index in [2.05, 4.69) is 4.98 Å². The van der Waals surface area contributed by atoms with E-state index in [1.165, 1.54) is 0 Å². The zero-order valence-corrected chi connectivity index (χ0v) is 15.4. The molecule has 0 N–H and O–H groups in total. The van der Waals surface area contributed by atoms with Gasteiger partial charge in [-0.05, 0) is 43.0 Å². The molecule has 0 aliphatic carbocycles. The van der Waals surface area contributed by atoms with Gasteiger partial charge < -0.3 is 9.80 Å². The number of aromatic nitrogens is 1. The minimum atomic E-state index is -0.198. The minimum Gasteiger partial charge on any atom is -0.323 e. The van der Waals surface area contributed by atoms with E-state index >= 15 is 0 Å². The van der Waals surface area contributed by atoms with Gasteiger partial charge in [-0.3, -0.25) is 14.6 Å². The van der Waals surface area contributed by atoms with Gasteiger partial charge in [-0.1, -0.05) is 36.4 Å². The molecule has 5 heteroatoms. The van der Waals surface area contributed by atoms with Crippen LogP contribution >= 0.6 is 0 Å². The van der Waals surface area contributed by atoms with Crippen LogP contribution in [-0.2, 0) is 4.79 Å². The molecule has 2 aromatic carbocycles. The van der Waals surface area contributed by atoms with Crippen LogP contribution < -0.4 is 4.90 Å². The number of aryl methyl sites for hydroxylation is 1. The van der Waals surface area contributed by atoms with Crippen molar-refractivity contribution in [2.24, 2.45) is 0 Å². The summed E-state index contributed by atoms with van der Waals surface area (Å²) in [6.45, 7) is 4.50. The molecule has 1 fully saturated rings. The summed E-state index contributed by atoms with van der Waals surface area (Å²) in [7, 11) is 0. The lowest BCUT2D eigenvalue weighted by molar-refractivity contribution is -0.121. The van der Waals surface area contributed by atoms with Gasteiger partial charge in [0.2, 0.25) is 5.91 Å². The first-order valence-corrected chi connectivity index (χ1v) is 9.06. The topological polar surface area (TPSA) is 53.5 Å². The highest BCUT2D eigenvalue weighted by Crippen LogP contribution is 2.24. The van der Waals surface area contributed by atoms with Crippen LogP contribution in [0.15, 0.2) is 60.8 Å². The van der Waals surface area contributed by atoms with Gasteiger partial charge in [0.25, 0.3) is 5.91 Å². The fourth-order valence-electron chi connectivity index (χ4n) is 3.59. The third-order valence-electron chi connectivity index (χ3n) is 5.04. The van der Waals surface area contributed by atoms with Crippen molar-refractivity contribution in [1.82, 2.24) is 9.88 Å². The maximum absolute atomic E-state index is 13.2. The molecule has 2 amide bonds. The second-order valence-electron chi connectivity index (χ2n) is 7.01. The Morgan fingerprint density at radius 3 is 2.74 bits per heavy atom. The van der Waals surface area contributed by atoms with Gasteiger partial charge in [0, 0.05) is 29.9 Å². The van der Waals surface area contributed by atoms with Crippen LogP contribution in [0, 0.1) is 6.92 Å². The molecular formula is C22H21N3O2. The lowest BCUT2D eigenvalue weighted by Gasteiger charge is -2.39. The van der Waals surface area contributed by atoms with Crippen LogP contribution in [-0.4, -0.2) is 40.8 Å². The van der Waals surface area contributed by atoms with Crippen molar-refractivity contribution in [3.8, 4) is 0 Å². The molecule has 3 aromatic rings. The van der Waals surface area contributed by atoms with Gasteiger partial charge in [0.15, 0.2) is 0 Å². The third kappa shape index (κ3) is 3.16. The van der Waals surface area contributed by atoms with Crippen molar-refractivity contribution in [2.75, 3.05) is 18.0 Å². The number of rotatable bonds is 2. The van der Waals surface area contributed by atoms with Crippen LogP contribution in [0.5, 0.6) is 0 Å². The number of anilines is 1. The van der Waals surface area contributed by atoms with Gasteiger partial charge in [0.1, 0.15) is 12.2 Å². The van der Waals surface area contributed by atoms with Crippen molar-refractivity contribution >= 4 is 28.3 Å². The highest BCUT2D eigenvalue weighted by atomic mass is 16.2. The summed E-state index contributed by atoms with van der Waals surface area (Å²) in [6.07, 6.45) is 1.64. The Hall–Kier alpha value is -3.21. The van der Waals surface area contributed by atoms with E-state index in [4.69, 9.17) is 0 Å². The molecule has 1 atom stereocenters. The summed E-state index contributed by atoms with van der Waals surface area (Å²) in [5, 5.41) is 1.78. The number of benzene rings is 2. The van der Waals surface area contributed by atoms with Crippen molar-refractivity contribution < 1.29 is 9.59 Å². The molecule has 1 aliphatic rings. The van der Waals surface area contributed by atoms with Crippen LogP contribution in [0.25, 0.3) is 10.8 Å². The number of fused-ring (bicyclic) bond motifs is 1. The van der Waals surface area contributed by atoms with Crippen molar-refractivity contribution in [3.05, 3.63) is 72.1 Å². The third-order valence-corrected chi connectivity index (χ3v) is 5.04. The average Bonchev–Trinajstić information content (AvgIpc) is 2.68. The monoisotopic (exact) mass is 359 g/mol. The Balaban J connectivity index is 1.62. The number of pyridine rings is 1. The first kappa shape index (κ1) is 17.2. The van der Waals surface area contributed by atoms with E-state index in [1.807, 2.05) is 68.4 Å². The summed E-state index contributed by atoms with van der Waals surface area (Å²) >= 11 is 0. The summed E-state index contributed by atoms with van der Waals surface area (Å²) in [5.74, 6) is -0.274. The number of hydrogen-bond donors (Lipinski definition) is 0. The number of amides is 2. The molecule has 27 heavy (non-hydrogen) atoms. The maximum atomic E-state index is 13.2. The first-order chi connectivity index (χ1) is 13.0. The summed E-state index contributed by atoms with van der Waals surface area (Å²) in [5.41, 5.74) is 2.38. The summed E-state index contributed by atoms with van der Waals surface area (Å²) < 4.78 is 0. The second kappa shape index (κ2) is 6.83. The minimum absolute atomic E-state index is 0.0544. The lowest BCUT2D eigenvalue weighted by Crippen LogP contribution is -2.57. The fraction of sp³-hybridized carbons (Fsp3) is 0.227. The molecule has 0 spiro atoms. The van der Waals surface area contributed by atoms with Crippen LogP contribution in [0.3, 0.4) is 0 Å². The Kier molecular flexibility index (Phi) is 4.36. The van der Waals surface area contributed by atoms with Crippen LogP contribution in [0.2, 0.25) is 0 Å². The van der Waals surface area contributed by atoms with Crippen molar-refractivity contribution in [1.29, 1.82) is 0 Å². The number of carbonyl (C=O) groups is 2. The van der Waals surface area contributed by atoms with Crippen LogP contribution in [0.4, 0.5) is 5.69 Å². The molecule has 0 saturated carbocycles. The van der Waals surface area contributed by atoms with Gasteiger partial charge in [-0.25, -0.2) is 0 Å². The molecule has 4 rings (SSSR count). The van der Waals surface area contributed by atoms with E-state index < -0.39 is 0 Å². The zero-order valence-electron chi connectivity index (χ0n) is 15.4. The number of piperazine rings is 1. The first-order valence-electron chi connectivity index (χ1n) is 9.06. The number of hydrogen-bond acceptors (Lipinski definition) is 3. The largest absolute Gasteiger partial charge is 0.323 e. The van der Waals surface area contributed by atoms with Crippen molar-refractivity contribution in [3.63, 3.8) is 0 Å². The van der Waals surface area contributed by atoms with E-state index in [-0.39, 0.29) is 24.4 Å². The Bertz CT molecular complexity index is 1030. The SMILES string of the molecule is Cc1cccc(N2C[C@H](C)N(C(=O)c3nccc4ccccc34)CC2=O)c1. The quantitative estimate of drug-likeness (QED) is 0.704. The van der Waals surface area contributed by atoms with Crippen molar-refractivity contribution in [2.45, 2.75) is 19.9 Å². The van der Waals surface area contributed by atoms with Gasteiger partial charge in [0.05, 0.1) is 0 Å². The highest BCUT2D eigenvalue weighted by molar-refractivity contribution is 6.07. The van der Waals surface area contributed by atoms with E-state index in [0.29, 0.717) is 12.2 Å². The Morgan fingerprint density at radius 2 is 1.93 bits per heavy atom. The molecule has 136 valence electrons. The molecular weight excluding hydrogens is 338 g/mol. The van der Waals surface area contributed by atoms with E-state index in [0.717, 1.165) is 22.0 Å². The predicted octanol–water partition coefficient (Wildman–Crippen LogP) is 3.42. The molecule has 0 bridgehead atoms. The number of nitrogens with zero attached hydrogens (tertiary/aromatic N) is 3. The molecule has 1 aromatic heterocycles. The highest BCUT2D eigenvalue weighted by Gasteiger charge is 2.34.